The Morgan fingerprint density at radius 2 is 0.179 bits per heavy atom. The molecule has 224 valence electrons. The molecular weight excluding hydrogens is 338 g/mol. The first-order valence-electron chi connectivity index (χ1n) is 1.00. The summed E-state index contributed by atoms with van der Waals surface area (Å²) < 4.78 is 11.2. The highest BCUT2D eigenvalue weighted by Crippen LogP contribution is 0.170. The maximum absolute atomic E-state index is 5.62. The van der Waals surface area contributed by atoms with Crippen molar-refractivity contribution in [3.05, 3.63) is 0 Å². The molecule has 0 heterocycles. The first kappa shape index (κ1) is 5290. The molecule has 1 heteroatoms. The first-order valence-corrected chi connectivity index (χ1v) is 0. The Bertz CT molecular complexity index is 16.8. The third kappa shape index (κ3) is 10100000. The van der Waals surface area contributed by atoms with Crippen LogP contribution in [0.4, 0.5) is 0 Å². The van der Waals surface area contributed by atoms with Crippen LogP contribution in [-0.4, -0.2) is 0 Å². The SMILES string of the molecule is C.C.C.C.C.C.C.C.C.C.C.C.C.C.C.C.C.C.C.C.C.C.C.C.C.C.C.[2H]N[2H]. The number of rotatable bonds is 0. The summed E-state index contributed by atoms with van der Waals surface area (Å²) in [6, 6.07) is 0. The summed E-state index contributed by atoms with van der Waals surface area (Å²) in [5, 5.41) is 0. The van der Waals surface area contributed by atoms with Gasteiger partial charge in [0, 0.05) is 0 Å². The maximum Gasteiger partial charge on any atom is 0.115 e. The zero-order valence-electron chi connectivity index (χ0n) is 2.50. The van der Waals surface area contributed by atoms with Gasteiger partial charge in [0.2, 0.25) is 0 Å². The van der Waals surface area contributed by atoms with Crippen molar-refractivity contribution in [3.8, 4) is 0 Å². The van der Waals surface area contributed by atoms with E-state index in [9.17, 15) is 0 Å². The van der Waals surface area contributed by atoms with E-state index < -0.39 is 0 Å². The number of hydrogen-bond acceptors (Lipinski definition) is 1. The molecule has 0 aliphatic rings. The fourth-order valence-corrected chi connectivity index (χ4v) is 0. The van der Waals surface area contributed by atoms with E-state index in [1.165, 1.54) is 6.14 Å². The summed E-state index contributed by atoms with van der Waals surface area (Å²) >= 11 is 0. The van der Waals surface area contributed by atoms with Gasteiger partial charge in [-0.05, 0) is 0 Å². The monoisotopic (exact) mass is 452 g/mol. The van der Waals surface area contributed by atoms with Crippen molar-refractivity contribution < 1.29 is 2.82 Å². The average molecular weight is 452 g/mol. The van der Waals surface area contributed by atoms with Crippen molar-refractivity contribution in [1.82, 2.24) is 6.14 Å². The molecule has 0 rings (SSSR count). The van der Waals surface area contributed by atoms with Crippen LogP contribution in [0, 0.1) is 0 Å². The second kappa shape index (κ2) is 11400000. The Kier molecular flexibility index (Phi) is 2150000000. The smallest absolute Gasteiger partial charge is 0.115 e. The lowest BCUT2D eigenvalue weighted by molar-refractivity contribution is 2.13. The summed E-state index contributed by atoms with van der Waals surface area (Å²) in [7, 11) is 0. The van der Waals surface area contributed by atoms with Gasteiger partial charge in [-0.2, -0.15) is 0 Å². The maximum atomic E-state index is 5.62. The van der Waals surface area contributed by atoms with Crippen molar-refractivity contribution in [3.63, 3.8) is 0 Å². The van der Waals surface area contributed by atoms with Crippen molar-refractivity contribution in [2.75, 3.05) is 0 Å². The van der Waals surface area contributed by atoms with Gasteiger partial charge in [0.15, 0.2) is 0 Å². The second-order valence-corrected chi connectivity index (χ2v) is 0. The molecule has 0 spiro atoms. The van der Waals surface area contributed by atoms with Crippen LogP contribution in [0.2, 0.25) is 2.82 Å². The van der Waals surface area contributed by atoms with Crippen LogP contribution in [0.1, 0.15) is 201 Å². The molecule has 0 amide bonds. The molecule has 0 saturated heterocycles. The molecule has 0 radical (unpaired) electrons. The van der Waals surface area contributed by atoms with E-state index >= 15 is 0 Å². The highest BCUT2D eigenvalue weighted by atomic mass is 14.0. The van der Waals surface area contributed by atoms with E-state index in [1.807, 2.05) is 0 Å². The van der Waals surface area contributed by atoms with Gasteiger partial charge >= 0.3 is 0 Å². The number of hydrogen-bond donors (Lipinski definition) is 1. The van der Waals surface area contributed by atoms with E-state index in [0.29, 0.717) is 0 Å². The molecule has 0 saturated carbocycles. The summed E-state index contributed by atoms with van der Waals surface area (Å²) in [5.41, 5.74) is 0. The predicted molar refractivity (Wildman–Crippen MR) is 187 cm³/mol. The summed E-state index contributed by atoms with van der Waals surface area (Å²) in [6.45, 7) is 0. The average Bonchev–Trinajstić information content (AvgIpc) is 0.918. The Balaban J connectivity index is -0.0000000000570. The van der Waals surface area contributed by atoms with Crippen LogP contribution < -0.4 is 6.14 Å². The van der Waals surface area contributed by atoms with Gasteiger partial charge < -0.3 is 6.14 Å². The molecule has 0 aliphatic carbocycles. The molecular formula is C27H111N. The lowest BCUT2D eigenvalue weighted by Gasteiger charge is -0.344. The molecule has 1 nitrogen and oxygen atoms in total. The van der Waals surface area contributed by atoms with Crippen molar-refractivity contribution in [2.24, 2.45) is 0 Å². The molecule has 0 aromatic rings. The molecule has 0 bridgehead atoms. The van der Waals surface area contributed by atoms with Crippen LogP contribution in [0.15, 0.2) is 0 Å². The molecule has 3 N–H and O–H groups in total. The van der Waals surface area contributed by atoms with E-state index in [0.717, 1.165) is 0 Å². The minimum absolute atomic E-state index is 0. The summed E-state index contributed by atoms with van der Waals surface area (Å²) in [4.78, 5) is 0. The molecule has 0 fully saturated rings. The highest BCUT2D eigenvalue weighted by Gasteiger charge is -0.0515. The van der Waals surface area contributed by atoms with Gasteiger partial charge in [0.25, 0.3) is 0 Å². The minimum atomic E-state index is 0. The largest absolute Gasteiger partial charge is 0.344 e. The fourth-order valence-electron chi connectivity index (χ4n) is 0. The zero-order valence-corrected chi connectivity index (χ0v) is 0.500. The molecule has 0 aromatic heterocycles. The van der Waals surface area contributed by atoms with Crippen LogP contribution in [-0.2, 0) is 0 Å². The third-order valence-corrected chi connectivity index (χ3v) is 0. The lowest BCUT2D eigenvalue weighted by atomic mass is 12.0. The van der Waals surface area contributed by atoms with E-state index in [4.69, 9.17) is 2.82 Å². The van der Waals surface area contributed by atoms with Gasteiger partial charge in [0.1, 0.15) is 2.82 Å². The molecule has 28 heavy (non-hydrogen) atoms. The van der Waals surface area contributed by atoms with Gasteiger partial charge in [-0.25, -0.2) is 0 Å². The van der Waals surface area contributed by atoms with Crippen molar-refractivity contribution in [1.29, 1.82) is 0 Å². The normalized spacial score (nSPS) is 0.714. The lowest BCUT2D eigenvalue weighted by Crippen LogP contribution is -0.481. The van der Waals surface area contributed by atoms with Gasteiger partial charge in [-0.3, -0.25) is 0 Å². The fraction of sp³-hybridized carbons (Fsp3) is 1.00. The van der Waals surface area contributed by atoms with Crippen molar-refractivity contribution in [2.45, 2.75) is 201 Å². The zero-order chi connectivity index (χ0) is 2.71. The van der Waals surface area contributed by atoms with Crippen LogP contribution in [0.25, 0.3) is 0 Å². The van der Waals surface area contributed by atoms with Crippen LogP contribution >= 0.6 is 0 Å². The topological polar surface area (TPSA) is 35.0 Å². The second-order valence-electron chi connectivity index (χ2n) is 0. The third-order valence-electron chi connectivity index (χ3n) is 0. The van der Waals surface area contributed by atoms with Crippen molar-refractivity contribution >= 4 is 0 Å². The van der Waals surface area contributed by atoms with Gasteiger partial charge in [0.05, 0.1) is 0 Å². The Morgan fingerprint density at radius 3 is 0.179 bits per heavy atom. The Labute approximate surface area is 209 Å². The van der Waals surface area contributed by atoms with Gasteiger partial charge in [-0.1, -0.05) is 201 Å². The molecule has 0 aromatic carbocycles. The Hall–Kier alpha value is -0.0400. The van der Waals surface area contributed by atoms with Crippen LogP contribution in [0.5, 0.6) is 0 Å². The van der Waals surface area contributed by atoms with E-state index in [1.54, 1.807) is 0 Å². The van der Waals surface area contributed by atoms with Gasteiger partial charge in [-0.15, -0.1) is 0 Å². The van der Waals surface area contributed by atoms with E-state index in [-0.39, 0.29) is 201 Å². The predicted octanol–water partition coefficient (Wildman–Crippen LogP) is 17.3. The summed E-state index contributed by atoms with van der Waals surface area (Å²) in [6.07, 6.45) is 1.25. The van der Waals surface area contributed by atoms with E-state index in [2.05, 4.69) is 0 Å². The Morgan fingerprint density at radius 1 is 0.179 bits per heavy atom. The highest BCUT2D eigenvalue weighted by molar-refractivity contribution is 2.53. The molecule has 0 aliphatic heterocycles. The summed E-state index contributed by atoms with van der Waals surface area (Å²) in [5.74, 6) is 0. The molecule has 0 atom stereocenters. The molecule has 0 unspecified atom stereocenters. The first-order chi connectivity index (χ1) is 1.41. The standard InChI is InChI=1S/27CH4.H3N/h27*1H4;1H3/i/hD2. The van der Waals surface area contributed by atoms with Crippen LogP contribution in [0.3, 0.4) is 0 Å². The quantitative estimate of drug-likeness (QED) is 0.390. The minimum Gasteiger partial charge on any atom is -0.344 e.